The molecule has 0 unspecified atom stereocenters. The molecule has 1 saturated heterocycles. The number of hydrogen-bond acceptors (Lipinski definition) is 8. The first kappa shape index (κ1) is 29.2. The standard InChI is InChI=1S/C30H33F2N7O3/c1-30(28(40)33-14-15-39(2)3)17-41-27(42-18-30)26-37-24(20-6-10-22(32)11-7-20)25(38-26)23-12-13-34-29(36-23)35-16-19-4-8-21(31)9-5-19/h4-13,27H,14-18H2,1-3H3,(H,33,40)(H,37,38)(H,34,35,36). The quantitative estimate of drug-likeness (QED) is 0.257. The Labute approximate surface area is 242 Å². The number of aromatic nitrogens is 4. The molecule has 2 aromatic carbocycles. The second kappa shape index (κ2) is 12.7. The zero-order valence-electron chi connectivity index (χ0n) is 23.7. The molecule has 42 heavy (non-hydrogen) atoms. The highest BCUT2D eigenvalue weighted by Gasteiger charge is 2.40. The SMILES string of the molecule is CN(C)CCNC(=O)C1(C)COC(c2nc(-c3ccc(F)cc3)c(-c3ccnc(NCc4ccc(F)cc4)n3)[nH]2)OC1. The van der Waals surface area contributed by atoms with Crippen molar-refractivity contribution in [2.24, 2.45) is 5.41 Å². The molecule has 2 aromatic heterocycles. The van der Waals surface area contributed by atoms with Crippen molar-refractivity contribution in [1.29, 1.82) is 0 Å². The number of imidazole rings is 1. The highest BCUT2D eigenvalue weighted by Crippen LogP contribution is 2.35. The van der Waals surface area contributed by atoms with Crippen LogP contribution in [0.25, 0.3) is 22.6 Å². The molecule has 12 heteroatoms. The molecule has 1 aliphatic heterocycles. The van der Waals surface area contributed by atoms with E-state index in [4.69, 9.17) is 14.5 Å². The number of ether oxygens (including phenoxy) is 2. The number of halogens is 2. The molecule has 1 fully saturated rings. The maximum atomic E-state index is 13.7. The number of anilines is 1. The van der Waals surface area contributed by atoms with Gasteiger partial charge in [-0.2, -0.15) is 0 Å². The van der Waals surface area contributed by atoms with Crippen LogP contribution in [0.3, 0.4) is 0 Å². The van der Waals surface area contributed by atoms with Gasteiger partial charge in [0.2, 0.25) is 18.1 Å². The minimum Gasteiger partial charge on any atom is -0.354 e. The fraction of sp³-hybridized carbons (Fsp3) is 0.333. The van der Waals surface area contributed by atoms with E-state index in [1.54, 1.807) is 43.5 Å². The van der Waals surface area contributed by atoms with E-state index in [-0.39, 0.29) is 30.8 Å². The lowest BCUT2D eigenvalue weighted by molar-refractivity contribution is -0.231. The third-order valence-corrected chi connectivity index (χ3v) is 6.84. The summed E-state index contributed by atoms with van der Waals surface area (Å²) in [6.45, 7) is 3.71. The van der Waals surface area contributed by atoms with Crippen LogP contribution in [0.1, 0.15) is 24.6 Å². The van der Waals surface area contributed by atoms with Crippen molar-refractivity contribution in [2.75, 3.05) is 45.7 Å². The fourth-order valence-corrected chi connectivity index (χ4v) is 4.38. The Morgan fingerprint density at radius 3 is 2.36 bits per heavy atom. The smallest absolute Gasteiger partial charge is 0.230 e. The average Bonchev–Trinajstić information content (AvgIpc) is 3.43. The minimum absolute atomic E-state index is 0.137. The molecule has 0 spiro atoms. The molecule has 5 rings (SSSR count). The van der Waals surface area contributed by atoms with E-state index < -0.39 is 11.7 Å². The molecule has 1 aliphatic rings. The van der Waals surface area contributed by atoms with Crippen LogP contribution in [0.15, 0.2) is 60.8 Å². The number of nitrogens with zero attached hydrogens (tertiary/aromatic N) is 4. The molecule has 0 aliphatic carbocycles. The summed E-state index contributed by atoms with van der Waals surface area (Å²) in [6.07, 6.45) is 0.761. The predicted octanol–water partition coefficient (Wildman–Crippen LogP) is 4.15. The fourth-order valence-electron chi connectivity index (χ4n) is 4.38. The zero-order chi connectivity index (χ0) is 29.7. The van der Waals surface area contributed by atoms with Gasteiger partial charge in [-0.15, -0.1) is 0 Å². The Kier molecular flexibility index (Phi) is 8.86. The molecule has 220 valence electrons. The number of carbonyl (C=O) groups is 1. The first-order valence-electron chi connectivity index (χ1n) is 13.5. The molecule has 3 heterocycles. The molecule has 3 N–H and O–H groups in total. The normalized spacial score (nSPS) is 18.7. The van der Waals surface area contributed by atoms with E-state index in [0.717, 1.165) is 12.1 Å². The summed E-state index contributed by atoms with van der Waals surface area (Å²) < 4.78 is 39.0. The second-order valence-corrected chi connectivity index (χ2v) is 10.7. The topological polar surface area (TPSA) is 117 Å². The number of hydrogen-bond donors (Lipinski definition) is 3. The van der Waals surface area contributed by atoms with E-state index in [1.807, 2.05) is 19.0 Å². The van der Waals surface area contributed by atoms with Crippen LogP contribution in [0.2, 0.25) is 0 Å². The molecule has 0 bridgehead atoms. The zero-order valence-corrected chi connectivity index (χ0v) is 23.7. The lowest BCUT2D eigenvalue weighted by Crippen LogP contribution is -2.49. The Hall–Kier alpha value is -4.26. The van der Waals surface area contributed by atoms with Gasteiger partial charge >= 0.3 is 0 Å². The molecule has 10 nitrogen and oxygen atoms in total. The van der Waals surface area contributed by atoms with Crippen molar-refractivity contribution in [2.45, 2.75) is 19.8 Å². The van der Waals surface area contributed by atoms with Crippen molar-refractivity contribution in [3.8, 4) is 22.6 Å². The van der Waals surface area contributed by atoms with Gasteiger partial charge in [-0.1, -0.05) is 12.1 Å². The van der Waals surface area contributed by atoms with E-state index in [1.165, 1.54) is 24.3 Å². The van der Waals surface area contributed by atoms with E-state index in [2.05, 4.69) is 25.6 Å². The van der Waals surface area contributed by atoms with Gasteiger partial charge in [0.25, 0.3) is 0 Å². The Morgan fingerprint density at radius 1 is 1.02 bits per heavy atom. The summed E-state index contributed by atoms with van der Waals surface area (Å²) in [5.74, 6) is -0.0682. The Morgan fingerprint density at radius 2 is 1.69 bits per heavy atom. The van der Waals surface area contributed by atoms with Gasteiger partial charge < -0.3 is 30.0 Å². The van der Waals surface area contributed by atoms with Gasteiger partial charge in [0.1, 0.15) is 11.6 Å². The van der Waals surface area contributed by atoms with Gasteiger partial charge in [-0.05, 0) is 69.0 Å². The number of carbonyl (C=O) groups excluding carboxylic acids is 1. The largest absolute Gasteiger partial charge is 0.354 e. The van der Waals surface area contributed by atoms with Crippen molar-refractivity contribution < 1.29 is 23.0 Å². The lowest BCUT2D eigenvalue weighted by Gasteiger charge is -2.35. The van der Waals surface area contributed by atoms with Gasteiger partial charge in [0.15, 0.2) is 5.82 Å². The monoisotopic (exact) mass is 577 g/mol. The number of aromatic amines is 1. The number of benzene rings is 2. The van der Waals surface area contributed by atoms with E-state index in [9.17, 15) is 13.6 Å². The summed E-state index contributed by atoms with van der Waals surface area (Å²) in [4.78, 5) is 31.8. The molecule has 0 atom stereocenters. The first-order chi connectivity index (χ1) is 20.2. The lowest BCUT2D eigenvalue weighted by atomic mass is 9.91. The number of likely N-dealkylation sites (N-methyl/N-ethyl adjacent to an activating group) is 1. The summed E-state index contributed by atoms with van der Waals surface area (Å²) >= 11 is 0. The van der Waals surface area contributed by atoms with Gasteiger partial charge in [0.05, 0.1) is 35.7 Å². The second-order valence-electron chi connectivity index (χ2n) is 10.7. The molecular weight excluding hydrogens is 544 g/mol. The summed E-state index contributed by atoms with van der Waals surface area (Å²) in [5.41, 5.74) is 2.29. The molecule has 1 amide bonds. The maximum absolute atomic E-state index is 13.7. The van der Waals surface area contributed by atoms with Crippen LogP contribution in [-0.2, 0) is 20.8 Å². The van der Waals surface area contributed by atoms with Gasteiger partial charge in [-0.25, -0.2) is 23.7 Å². The van der Waals surface area contributed by atoms with E-state index in [0.29, 0.717) is 47.5 Å². The predicted molar refractivity (Wildman–Crippen MR) is 153 cm³/mol. The van der Waals surface area contributed by atoms with Crippen LogP contribution in [0.4, 0.5) is 14.7 Å². The molecule has 0 radical (unpaired) electrons. The summed E-state index contributed by atoms with van der Waals surface area (Å²) in [6, 6.07) is 13.9. The van der Waals surface area contributed by atoms with Crippen molar-refractivity contribution in [1.82, 2.24) is 30.2 Å². The molecule has 0 saturated carbocycles. The van der Waals surface area contributed by atoms with Crippen LogP contribution >= 0.6 is 0 Å². The highest BCUT2D eigenvalue weighted by molar-refractivity contribution is 5.82. The molecular formula is C30H33F2N7O3. The number of rotatable bonds is 10. The van der Waals surface area contributed by atoms with Gasteiger partial charge in [0, 0.05) is 31.4 Å². The number of amides is 1. The van der Waals surface area contributed by atoms with Crippen molar-refractivity contribution >= 4 is 11.9 Å². The van der Waals surface area contributed by atoms with Crippen LogP contribution in [-0.4, -0.2) is 71.1 Å². The average molecular weight is 578 g/mol. The van der Waals surface area contributed by atoms with Gasteiger partial charge in [-0.3, -0.25) is 4.79 Å². The summed E-state index contributed by atoms with van der Waals surface area (Å²) in [5, 5.41) is 6.09. The van der Waals surface area contributed by atoms with Crippen molar-refractivity contribution in [3.05, 3.63) is 83.8 Å². The van der Waals surface area contributed by atoms with Crippen LogP contribution in [0.5, 0.6) is 0 Å². The summed E-state index contributed by atoms with van der Waals surface area (Å²) in [7, 11) is 3.88. The Balaban J connectivity index is 1.36. The molecule has 4 aromatic rings. The van der Waals surface area contributed by atoms with Crippen molar-refractivity contribution in [3.63, 3.8) is 0 Å². The van der Waals surface area contributed by atoms with Crippen LogP contribution < -0.4 is 10.6 Å². The first-order valence-corrected chi connectivity index (χ1v) is 13.5. The van der Waals surface area contributed by atoms with Crippen LogP contribution in [0, 0.1) is 17.0 Å². The van der Waals surface area contributed by atoms with E-state index >= 15 is 0 Å². The third-order valence-electron chi connectivity index (χ3n) is 6.84. The minimum atomic E-state index is -0.851. The number of nitrogens with one attached hydrogen (secondary N) is 3. The third kappa shape index (κ3) is 6.96. The highest BCUT2D eigenvalue weighted by atomic mass is 19.1. The Bertz CT molecular complexity index is 1500. The number of H-pyrrole nitrogens is 1. The maximum Gasteiger partial charge on any atom is 0.230 e.